The van der Waals surface area contributed by atoms with Gasteiger partial charge in [-0.05, 0) is 25.9 Å². The van der Waals surface area contributed by atoms with Crippen LogP contribution >= 0.6 is 0 Å². The van der Waals surface area contributed by atoms with Crippen molar-refractivity contribution in [2.75, 3.05) is 13.1 Å². The molecule has 0 bridgehead atoms. The van der Waals surface area contributed by atoms with Gasteiger partial charge in [-0.2, -0.15) is 0 Å². The molecule has 0 aromatic carbocycles. The molecule has 0 rings (SSSR count). The maximum absolute atomic E-state index is 3.51. The highest BCUT2D eigenvalue weighted by Gasteiger charge is 1.90. The van der Waals surface area contributed by atoms with E-state index in [0.717, 1.165) is 0 Å². The monoisotopic (exact) mass is 215 g/mol. The van der Waals surface area contributed by atoms with Crippen molar-refractivity contribution in [1.29, 1.82) is 0 Å². The molecule has 0 aromatic rings. The Morgan fingerprint density at radius 3 is 2.00 bits per heavy atom. The Bertz CT molecular complexity index is 84.3. The predicted octanol–water partition coefficient (Wildman–Crippen LogP) is 2.50. The maximum atomic E-state index is 3.51. The van der Waals surface area contributed by atoms with Crippen LogP contribution in [0.25, 0.3) is 0 Å². The number of rotatable bonds is 11. The topological polar surface area (TPSA) is 12.0 Å². The van der Waals surface area contributed by atoms with Crippen LogP contribution in [0.2, 0.25) is 6.04 Å². The third-order valence-corrected chi connectivity index (χ3v) is 3.37. The van der Waals surface area contributed by atoms with Crippen molar-refractivity contribution in [2.45, 2.75) is 64.3 Å². The van der Waals surface area contributed by atoms with Crippen molar-refractivity contribution in [2.24, 2.45) is 0 Å². The Morgan fingerprint density at radius 1 is 0.786 bits per heavy atom. The molecule has 0 aliphatic carbocycles. The molecule has 0 unspecified atom stereocenters. The largest absolute Gasteiger partial charge is 0.317 e. The molecule has 0 aliphatic rings. The molecule has 0 atom stereocenters. The van der Waals surface area contributed by atoms with E-state index in [9.17, 15) is 0 Å². The van der Waals surface area contributed by atoms with Crippen molar-refractivity contribution < 1.29 is 0 Å². The lowest BCUT2D eigenvalue weighted by Crippen LogP contribution is -2.16. The second-order valence-electron chi connectivity index (χ2n) is 4.22. The van der Waals surface area contributed by atoms with Gasteiger partial charge in [0, 0.05) is 10.2 Å². The van der Waals surface area contributed by atoms with Gasteiger partial charge in [0.05, 0.1) is 0 Å². The van der Waals surface area contributed by atoms with E-state index in [1.54, 1.807) is 0 Å². The fourth-order valence-electron chi connectivity index (χ4n) is 1.63. The molecule has 1 N–H and O–H groups in total. The molecule has 0 aromatic heterocycles. The van der Waals surface area contributed by atoms with E-state index in [1.807, 2.05) is 0 Å². The molecule has 0 aliphatic heterocycles. The Labute approximate surface area is 93.5 Å². The first-order chi connectivity index (χ1) is 6.91. The normalized spacial score (nSPS) is 10.9. The van der Waals surface area contributed by atoms with Gasteiger partial charge in [0.1, 0.15) is 0 Å². The van der Waals surface area contributed by atoms with Gasteiger partial charge in [-0.1, -0.05) is 51.5 Å². The number of hydrogen-bond acceptors (Lipinski definition) is 1. The van der Waals surface area contributed by atoms with Crippen LogP contribution < -0.4 is 5.32 Å². The summed E-state index contributed by atoms with van der Waals surface area (Å²) < 4.78 is 0. The third-order valence-electron chi connectivity index (χ3n) is 2.66. The highest BCUT2D eigenvalue weighted by molar-refractivity contribution is 6.08. The lowest BCUT2D eigenvalue weighted by atomic mass is 10.1. The zero-order chi connectivity index (χ0) is 10.5. The van der Waals surface area contributed by atoms with Crippen LogP contribution in [-0.4, -0.2) is 23.3 Å². The number of hydrogen-bond donors (Lipinski definition) is 1. The van der Waals surface area contributed by atoms with Gasteiger partial charge in [0.2, 0.25) is 0 Å². The summed E-state index contributed by atoms with van der Waals surface area (Å²) in [5.41, 5.74) is 0. The van der Waals surface area contributed by atoms with E-state index in [4.69, 9.17) is 0 Å². The van der Waals surface area contributed by atoms with E-state index in [2.05, 4.69) is 12.2 Å². The summed E-state index contributed by atoms with van der Waals surface area (Å²) >= 11 is 0. The molecule has 0 saturated heterocycles. The summed E-state index contributed by atoms with van der Waals surface area (Å²) in [5, 5.41) is 3.51. The summed E-state index contributed by atoms with van der Waals surface area (Å²) in [5.74, 6) is 0. The van der Waals surface area contributed by atoms with Gasteiger partial charge in [-0.15, -0.1) is 0 Å². The fraction of sp³-hybridized carbons (Fsp3) is 1.00. The lowest BCUT2D eigenvalue weighted by molar-refractivity contribution is 0.561. The Balaban J connectivity index is 2.78. The zero-order valence-electron chi connectivity index (χ0n) is 10.3. The molecule has 0 heterocycles. The van der Waals surface area contributed by atoms with Crippen LogP contribution in [-0.2, 0) is 0 Å². The SMILES string of the molecule is CCCCCCCCCNCCC[SiH3]. The second-order valence-corrected chi connectivity index (χ2v) is 5.22. The van der Waals surface area contributed by atoms with Gasteiger partial charge in [-0.25, -0.2) is 0 Å². The first kappa shape index (κ1) is 14.2. The first-order valence-corrected chi connectivity index (χ1v) is 8.04. The lowest BCUT2D eigenvalue weighted by Gasteiger charge is -2.03. The standard InChI is InChI=1S/C12H29NSi/c1-2-3-4-5-6-7-8-10-13-11-9-12-14/h13H,2-12H2,1,14H3. The summed E-state index contributed by atoms with van der Waals surface area (Å²) in [7, 11) is 1.37. The minimum Gasteiger partial charge on any atom is -0.317 e. The quantitative estimate of drug-likeness (QED) is 0.412. The minimum atomic E-state index is 1.25. The molecule has 14 heavy (non-hydrogen) atoms. The Morgan fingerprint density at radius 2 is 1.36 bits per heavy atom. The molecule has 0 fully saturated rings. The van der Waals surface area contributed by atoms with Gasteiger partial charge < -0.3 is 5.32 Å². The van der Waals surface area contributed by atoms with E-state index in [0.29, 0.717) is 0 Å². The van der Waals surface area contributed by atoms with Crippen molar-refractivity contribution in [3.63, 3.8) is 0 Å². The minimum absolute atomic E-state index is 1.25. The predicted molar refractivity (Wildman–Crippen MR) is 70.2 cm³/mol. The first-order valence-electron chi connectivity index (χ1n) is 6.62. The van der Waals surface area contributed by atoms with E-state index in [1.165, 1.54) is 80.7 Å². The van der Waals surface area contributed by atoms with Gasteiger partial charge in [0.25, 0.3) is 0 Å². The zero-order valence-corrected chi connectivity index (χ0v) is 12.3. The smallest absolute Gasteiger partial charge is 0.00286 e. The van der Waals surface area contributed by atoms with E-state index >= 15 is 0 Å². The van der Waals surface area contributed by atoms with E-state index < -0.39 is 0 Å². The summed E-state index contributed by atoms with van der Waals surface area (Å²) in [6.45, 7) is 4.77. The number of unbranched alkanes of at least 4 members (excludes halogenated alkanes) is 6. The molecule has 1 nitrogen and oxygen atoms in total. The third kappa shape index (κ3) is 12.2. The summed E-state index contributed by atoms with van der Waals surface area (Å²) in [6, 6.07) is 1.45. The Kier molecular flexibility index (Phi) is 13.3. The highest BCUT2D eigenvalue weighted by Crippen LogP contribution is 2.06. The maximum Gasteiger partial charge on any atom is 0.00286 e. The van der Waals surface area contributed by atoms with Crippen molar-refractivity contribution in [3.8, 4) is 0 Å². The van der Waals surface area contributed by atoms with Crippen molar-refractivity contribution in [3.05, 3.63) is 0 Å². The fourth-order valence-corrected chi connectivity index (χ4v) is 1.99. The number of nitrogens with one attached hydrogen (secondary N) is 1. The van der Waals surface area contributed by atoms with Gasteiger partial charge >= 0.3 is 0 Å². The molecule has 0 saturated carbocycles. The molecule has 0 amide bonds. The Hall–Kier alpha value is 0.177. The summed E-state index contributed by atoms with van der Waals surface area (Å²) in [6.07, 6.45) is 11.3. The highest BCUT2D eigenvalue weighted by atomic mass is 28.1. The average Bonchev–Trinajstić information content (AvgIpc) is 2.21. The van der Waals surface area contributed by atoms with Crippen LogP contribution in [0.4, 0.5) is 0 Å². The van der Waals surface area contributed by atoms with E-state index in [-0.39, 0.29) is 0 Å². The van der Waals surface area contributed by atoms with Gasteiger partial charge in [0.15, 0.2) is 0 Å². The van der Waals surface area contributed by atoms with Gasteiger partial charge in [-0.3, -0.25) is 0 Å². The van der Waals surface area contributed by atoms with Crippen molar-refractivity contribution in [1.82, 2.24) is 5.32 Å². The van der Waals surface area contributed by atoms with Crippen LogP contribution in [0.15, 0.2) is 0 Å². The molecule has 86 valence electrons. The van der Waals surface area contributed by atoms with Crippen LogP contribution in [0, 0.1) is 0 Å². The van der Waals surface area contributed by atoms with Crippen LogP contribution in [0.1, 0.15) is 58.3 Å². The molecule has 0 radical (unpaired) electrons. The molecule has 0 spiro atoms. The summed E-state index contributed by atoms with van der Waals surface area (Å²) in [4.78, 5) is 0. The second kappa shape index (κ2) is 13.2. The van der Waals surface area contributed by atoms with Crippen LogP contribution in [0.5, 0.6) is 0 Å². The van der Waals surface area contributed by atoms with Crippen LogP contribution in [0.3, 0.4) is 0 Å². The molecular formula is C12H29NSi. The average molecular weight is 215 g/mol. The molecular weight excluding hydrogens is 186 g/mol. The molecule has 2 heteroatoms. The van der Waals surface area contributed by atoms with Crippen molar-refractivity contribution >= 4 is 10.2 Å².